The van der Waals surface area contributed by atoms with Crippen molar-refractivity contribution in [2.24, 2.45) is 0 Å². The van der Waals surface area contributed by atoms with Gasteiger partial charge in [-0.2, -0.15) is 4.31 Å². The highest BCUT2D eigenvalue weighted by Crippen LogP contribution is 2.32. The molecule has 3 aromatic rings. The monoisotopic (exact) mass is 459 g/mol. The van der Waals surface area contributed by atoms with Crippen LogP contribution in [-0.4, -0.2) is 54.0 Å². The van der Waals surface area contributed by atoms with Gasteiger partial charge in [0.1, 0.15) is 5.52 Å². The van der Waals surface area contributed by atoms with Crippen molar-refractivity contribution in [2.75, 3.05) is 20.4 Å². The number of sulfonamides is 1. The molecule has 0 spiro atoms. The molecule has 32 heavy (non-hydrogen) atoms. The van der Waals surface area contributed by atoms with Gasteiger partial charge in [0.2, 0.25) is 22.7 Å². The Bertz CT molecular complexity index is 1260. The highest BCUT2D eigenvalue weighted by Gasteiger charge is 2.24. The summed E-state index contributed by atoms with van der Waals surface area (Å²) in [6, 6.07) is 10.2. The predicted molar refractivity (Wildman–Crippen MR) is 117 cm³/mol. The number of carbonyl (C=O) groups excluding carboxylic acids is 1. The first kappa shape index (κ1) is 22.0. The van der Waals surface area contributed by atoms with E-state index in [1.54, 1.807) is 22.9 Å². The van der Waals surface area contributed by atoms with Crippen molar-refractivity contribution in [3.05, 3.63) is 42.0 Å². The predicted octanol–water partition coefficient (Wildman–Crippen LogP) is 2.07. The zero-order valence-electron chi connectivity index (χ0n) is 18.1. The van der Waals surface area contributed by atoms with Crippen LogP contribution in [0, 0.1) is 0 Å². The summed E-state index contributed by atoms with van der Waals surface area (Å²) < 4.78 is 39.3. The van der Waals surface area contributed by atoms with Crippen molar-refractivity contribution < 1.29 is 22.7 Å². The van der Waals surface area contributed by atoms with Gasteiger partial charge in [-0.15, -0.1) is 5.10 Å². The van der Waals surface area contributed by atoms with Gasteiger partial charge >= 0.3 is 0 Å². The molecule has 10 nitrogen and oxygen atoms in total. The number of nitrogens with zero attached hydrogens (tertiary/aromatic N) is 4. The molecule has 0 saturated heterocycles. The summed E-state index contributed by atoms with van der Waals surface area (Å²) in [5, 5.41) is 11.0. The number of fused-ring (bicyclic) bond motifs is 2. The fraction of sp³-hybridized carbons (Fsp3) is 0.381. The highest BCUT2D eigenvalue weighted by molar-refractivity contribution is 7.89. The maximum absolute atomic E-state index is 13.0. The Morgan fingerprint density at radius 3 is 2.78 bits per heavy atom. The van der Waals surface area contributed by atoms with Gasteiger partial charge in [-0.3, -0.25) is 4.79 Å². The van der Waals surface area contributed by atoms with Crippen LogP contribution in [0.25, 0.3) is 11.0 Å². The van der Waals surface area contributed by atoms with Crippen LogP contribution in [0.5, 0.6) is 11.5 Å². The summed E-state index contributed by atoms with van der Waals surface area (Å²) in [5.74, 6) is 0.863. The van der Waals surface area contributed by atoms with Gasteiger partial charge in [-0.05, 0) is 49.2 Å². The number of hydrogen-bond donors (Lipinski definition) is 1. The molecule has 0 unspecified atom stereocenters. The Morgan fingerprint density at radius 2 is 2.00 bits per heavy atom. The Balaban J connectivity index is 1.41. The van der Waals surface area contributed by atoms with Gasteiger partial charge in [-0.1, -0.05) is 18.2 Å². The van der Waals surface area contributed by atoms with Gasteiger partial charge in [0.15, 0.2) is 11.5 Å². The topological polar surface area (TPSA) is 116 Å². The van der Waals surface area contributed by atoms with Crippen LogP contribution < -0.4 is 14.8 Å². The van der Waals surface area contributed by atoms with Gasteiger partial charge in [0, 0.05) is 13.6 Å². The van der Waals surface area contributed by atoms with E-state index in [-0.39, 0.29) is 30.8 Å². The molecule has 1 N–H and O–H groups in total. The largest absolute Gasteiger partial charge is 0.454 e. The normalized spacial score (nSPS) is 14.1. The van der Waals surface area contributed by atoms with Crippen LogP contribution in [0.1, 0.15) is 31.9 Å². The first-order valence-corrected chi connectivity index (χ1v) is 11.7. The average molecular weight is 460 g/mol. The first-order valence-electron chi connectivity index (χ1n) is 10.3. The van der Waals surface area contributed by atoms with Crippen molar-refractivity contribution >= 4 is 27.0 Å². The second kappa shape index (κ2) is 8.75. The number of amides is 1. The second-order valence-electron chi connectivity index (χ2n) is 7.67. The highest BCUT2D eigenvalue weighted by atomic mass is 32.2. The maximum Gasteiger partial charge on any atom is 0.243 e. The van der Waals surface area contributed by atoms with Crippen LogP contribution in [0.3, 0.4) is 0 Å². The summed E-state index contributed by atoms with van der Waals surface area (Å²) in [6.45, 7) is 4.17. The van der Waals surface area contributed by atoms with E-state index in [9.17, 15) is 13.2 Å². The SMILES string of the molecule is CC[C@H](C)n1nnc2cc(S(=O)(=O)N(C)CC(=O)NCc3ccc4c(c3)OCO4)ccc21. The molecule has 1 aliphatic rings. The third-order valence-corrected chi connectivity index (χ3v) is 7.25. The molecule has 1 atom stereocenters. The minimum atomic E-state index is -3.87. The number of nitrogens with one attached hydrogen (secondary N) is 1. The number of carbonyl (C=O) groups is 1. The van der Waals surface area contributed by atoms with E-state index in [0.717, 1.165) is 21.8 Å². The molecule has 0 aliphatic carbocycles. The Hall–Kier alpha value is -3.18. The summed E-state index contributed by atoms with van der Waals surface area (Å²) >= 11 is 0. The lowest BCUT2D eigenvalue weighted by Gasteiger charge is -2.17. The molecule has 0 bridgehead atoms. The number of likely N-dealkylation sites (N-methyl/N-ethyl adjacent to an activating group) is 1. The lowest BCUT2D eigenvalue weighted by Crippen LogP contribution is -2.38. The second-order valence-corrected chi connectivity index (χ2v) is 9.71. The lowest BCUT2D eigenvalue weighted by atomic mass is 10.2. The number of rotatable bonds is 8. The molecule has 170 valence electrons. The van der Waals surface area contributed by atoms with E-state index in [0.29, 0.717) is 17.0 Å². The molecule has 0 radical (unpaired) electrons. The molecular formula is C21H25N5O5S. The van der Waals surface area contributed by atoms with Gasteiger partial charge < -0.3 is 14.8 Å². The van der Waals surface area contributed by atoms with Crippen molar-refractivity contribution in [3.8, 4) is 11.5 Å². The standard InChI is InChI=1S/C21H25N5O5S/c1-4-14(2)26-18-7-6-16(10-17(18)23-24-26)32(28,29)25(3)12-21(27)22-11-15-5-8-19-20(9-15)31-13-30-19/h5-10,14H,4,11-13H2,1-3H3,(H,22,27)/t14-/m0/s1. The van der Waals surface area contributed by atoms with Crippen LogP contribution in [0.2, 0.25) is 0 Å². The smallest absolute Gasteiger partial charge is 0.243 e. The average Bonchev–Trinajstić information content (AvgIpc) is 3.43. The van der Waals surface area contributed by atoms with Crippen molar-refractivity contribution in [1.29, 1.82) is 0 Å². The van der Waals surface area contributed by atoms with E-state index in [2.05, 4.69) is 15.6 Å². The van der Waals surface area contributed by atoms with Gasteiger partial charge in [-0.25, -0.2) is 13.1 Å². The lowest BCUT2D eigenvalue weighted by molar-refractivity contribution is -0.121. The van der Waals surface area contributed by atoms with Crippen LogP contribution in [-0.2, 0) is 21.4 Å². The van der Waals surface area contributed by atoms with Gasteiger partial charge in [0.05, 0.1) is 23.0 Å². The third-order valence-electron chi connectivity index (χ3n) is 5.45. The molecule has 0 fully saturated rings. The third kappa shape index (κ3) is 4.26. The quantitative estimate of drug-likeness (QED) is 0.548. The number of benzene rings is 2. The van der Waals surface area contributed by atoms with E-state index >= 15 is 0 Å². The molecular weight excluding hydrogens is 434 g/mol. The summed E-state index contributed by atoms with van der Waals surface area (Å²) in [4.78, 5) is 12.4. The molecule has 1 aliphatic heterocycles. The number of ether oxygens (including phenoxy) is 2. The summed E-state index contributed by atoms with van der Waals surface area (Å²) in [6.07, 6.45) is 0.878. The van der Waals surface area contributed by atoms with E-state index < -0.39 is 15.9 Å². The first-order chi connectivity index (χ1) is 15.3. The Kier molecular flexibility index (Phi) is 6.02. The fourth-order valence-corrected chi connectivity index (χ4v) is 4.50. The summed E-state index contributed by atoms with van der Waals surface area (Å²) in [5.41, 5.74) is 2.08. The molecule has 4 rings (SSSR count). The number of aromatic nitrogens is 3. The summed E-state index contributed by atoms with van der Waals surface area (Å²) in [7, 11) is -2.50. The minimum Gasteiger partial charge on any atom is -0.454 e. The van der Waals surface area contributed by atoms with Crippen LogP contribution in [0.15, 0.2) is 41.3 Å². The Labute approximate surface area is 186 Å². The van der Waals surface area contributed by atoms with Crippen molar-refractivity contribution in [1.82, 2.24) is 24.6 Å². The molecule has 1 amide bonds. The van der Waals surface area contributed by atoms with Crippen LogP contribution >= 0.6 is 0 Å². The zero-order valence-corrected chi connectivity index (χ0v) is 18.9. The molecule has 2 heterocycles. The molecule has 11 heteroatoms. The minimum absolute atomic E-state index is 0.0623. The maximum atomic E-state index is 13.0. The van der Waals surface area contributed by atoms with Crippen molar-refractivity contribution in [3.63, 3.8) is 0 Å². The van der Waals surface area contributed by atoms with Crippen molar-refractivity contribution in [2.45, 2.75) is 37.8 Å². The fourth-order valence-electron chi connectivity index (χ4n) is 3.36. The van der Waals surface area contributed by atoms with E-state index in [4.69, 9.17) is 9.47 Å². The van der Waals surface area contributed by atoms with E-state index in [1.807, 2.05) is 19.9 Å². The van der Waals surface area contributed by atoms with Gasteiger partial charge in [0.25, 0.3) is 0 Å². The molecule has 2 aromatic carbocycles. The van der Waals surface area contributed by atoms with Crippen LogP contribution in [0.4, 0.5) is 0 Å². The number of hydrogen-bond acceptors (Lipinski definition) is 7. The Morgan fingerprint density at radius 1 is 1.22 bits per heavy atom. The zero-order chi connectivity index (χ0) is 22.9. The molecule has 0 saturated carbocycles. The molecule has 1 aromatic heterocycles. The van der Waals surface area contributed by atoms with E-state index in [1.165, 1.54) is 19.2 Å².